The molecule has 3 unspecified atom stereocenters. The molecule has 4 nitrogen and oxygen atoms in total. The molecule has 2 aromatic carbocycles. The summed E-state index contributed by atoms with van der Waals surface area (Å²) in [4.78, 5) is 18.3. The molecule has 1 amide bonds. The number of aromatic nitrogens is 1. The first kappa shape index (κ1) is 15.2. The zero-order valence-electron chi connectivity index (χ0n) is 13.8. The van der Waals surface area contributed by atoms with Gasteiger partial charge in [-0.15, -0.1) is 0 Å². The second-order valence-corrected chi connectivity index (χ2v) is 13.1. The Morgan fingerprint density at radius 1 is 1.15 bits per heavy atom. The molecule has 0 aliphatic carbocycles. The van der Waals surface area contributed by atoms with Crippen LogP contribution in [0.15, 0.2) is 60.2 Å². The van der Waals surface area contributed by atoms with Gasteiger partial charge in [-0.25, -0.2) is 0 Å². The van der Waals surface area contributed by atoms with Crippen LogP contribution in [0.1, 0.15) is 38.3 Å². The summed E-state index contributed by atoms with van der Waals surface area (Å²) in [6.07, 6.45) is 2.03. The van der Waals surface area contributed by atoms with E-state index in [4.69, 9.17) is 0 Å². The Kier molecular flexibility index (Phi) is 3.09. The summed E-state index contributed by atoms with van der Waals surface area (Å²) < 4.78 is 4.68. The van der Waals surface area contributed by atoms with E-state index in [0.717, 1.165) is 15.7 Å². The number of amides is 1. The molecule has 130 valence electrons. The van der Waals surface area contributed by atoms with Gasteiger partial charge in [0.15, 0.2) is 0 Å². The monoisotopic (exact) mass is 473 g/mol. The zero-order chi connectivity index (χ0) is 17.3. The Bertz CT molecular complexity index is 1020. The van der Waals surface area contributed by atoms with Gasteiger partial charge < -0.3 is 0 Å². The van der Waals surface area contributed by atoms with E-state index in [-0.39, 0.29) is 15.4 Å². The van der Waals surface area contributed by atoms with Crippen LogP contribution in [-0.2, 0) is 3.42 Å². The van der Waals surface area contributed by atoms with Gasteiger partial charge in [0.25, 0.3) is 0 Å². The molecule has 4 heterocycles. The summed E-state index contributed by atoms with van der Waals surface area (Å²) in [6.45, 7) is 0. The molecule has 0 bridgehead atoms. The molecule has 1 fully saturated rings. The van der Waals surface area contributed by atoms with E-state index in [1.807, 2.05) is 23.8 Å². The molecule has 1 saturated heterocycles. The third-order valence-electron chi connectivity index (χ3n) is 5.64. The number of alkyl halides is 2. The Morgan fingerprint density at radius 2 is 2.04 bits per heavy atom. The van der Waals surface area contributed by atoms with Crippen LogP contribution in [0.25, 0.3) is 0 Å². The van der Waals surface area contributed by atoms with E-state index in [1.54, 1.807) is 11.3 Å². The predicted molar refractivity (Wildman–Crippen MR) is 112 cm³/mol. The number of carbonyl (C=O) groups excluding carboxylic acids is 1. The van der Waals surface area contributed by atoms with Crippen molar-refractivity contribution < 1.29 is 4.79 Å². The van der Waals surface area contributed by atoms with Crippen molar-refractivity contribution in [3.8, 4) is 0 Å². The molecule has 1 aromatic heterocycles. The van der Waals surface area contributed by atoms with Crippen molar-refractivity contribution in [2.45, 2.75) is 15.4 Å². The van der Waals surface area contributed by atoms with Gasteiger partial charge in [0.2, 0.25) is 0 Å². The minimum absolute atomic E-state index is 0.127. The number of nitrogens with one attached hydrogen (secondary N) is 2. The summed E-state index contributed by atoms with van der Waals surface area (Å²) in [5.74, 6) is 0.458. The minimum atomic E-state index is -1.56. The SMILES string of the molecule is O=C1NI2CC23c2c(cccc21)NC(c1ccccc1)C3c1cncs1. The fourth-order valence-corrected chi connectivity index (χ4v) is 12.7. The number of anilines is 1. The average Bonchev–Trinajstić information content (AvgIpc) is 3.12. The standard InChI is InChI=1S/C20H16IN3OS/c25-19-13-7-4-8-14-16(13)20(10-21(20)24-19)17(15-9-22-11-26-15)18(23-14)12-5-2-1-3-6-12/h1-9,11,17-18,23H,10H2,(H,24,25). The summed E-state index contributed by atoms with van der Waals surface area (Å²) in [7, 11) is 0. The van der Waals surface area contributed by atoms with Gasteiger partial charge in [-0.1, -0.05) is 0 Å². The Morgan fingerprint density at radius 3 is 2.85 bits per heavy atom. The van der Waals surface area contributed by atoms with E-state index in [1.165, 1.54) is 16.0 Å². The van der Waals surface area contributed by atoms with Crippen molar-refractivity contribution in [1.29, 1.82) is 0 Å². The molecular weight excluding hydrogens is 457 g/mol. The molecule has 0 radical (unpaired) electrons. The fraction of sp³-hybridized carbons (Fsp3) is 0.200. The number of carbonyl (C=O) groups is 1. The average molecular weight is 473 g/mol. The zero-order valence-corrected chi connectivity index (χ0v) is 16.8. The summed E-state index contributed by atoms with van der Waals surface area (Å²) >= 11 is 0.177. The van der Waals surface area contributed by atoms with Crippen LogP contribution in [0, 0.1) is 0 Å². The number of hydrogen-bond acceptors (Lipinski definition) is 4. The molecule has 1 spiro atoms. The van der Waals surface area contributed by atoms with Gasteiger partial charge in [-0.3, -0.25) is 0 Å². The van der Waals surface area contributed by atoms with Crippen molar-refractivity contribution in [2.24, 2.45) is 0 Å². The summed E-state index contributed by atoms with van der Waals surface area (Å²) in [6, 6.07) is 17.0. The van der Waals surface area contributed by atoms with Crippen LogP contribution >= 0.6 is 31.4 Å². The number of thiazole rings is 1. The quantitative estimate of drug-likeness (QED) is 0.328. The molecule has 26 heavy (non-hydrogen) atoms. The summed E-state index contributed by atoms with van der Waals surface area (Å²) in [5, 5.41) is 3.79. The summed E-state index contributed by atoms with van der Waals surface area (Å²) in [5.41, 5.74) is 6.52. The van der Waals surface area contributed by atoms with Crippen LogP contribution in [0.5, 0.6) is 0 Å². The van der Waals surface area contributed by atoms with Gasteiger partial charge in [-0.2, -0.15) is 0 Å². The second-order valence-electron chi connectivity index (χ2n) is 6.92. The second kappa shape index (κ2) is 5.29. The van der Waals surface area contributed by atoms with Gasteiger partial charge in [0.05, 0.1) is 0 Å². The molecule has 0 saturated carbocycles. The van der Waals surface area contributed by atoms with Crippen LogP contribution < -0.4 is 8.85 Å². The molecular formula is C20H16IN3OS. The van der Waals surface area contributed by atoms with E-state index >= 15 is 0 Å². The first-order valence-electron chi connectivity index (χ1n) is 8.59. The molecule has 6 heteroatoms. The number of benzene rings is 2. The van der Waals surface area contributed by atoms with Crippen molar-refractivity contribution in [3.05, 3.63) is 81.8 Å². The number of nitrogens with zero attached hydrogens (tertiary/aromatic N) is 1. The van der Waals surface area contributed by atoms with Gasteiger partial charge in [0.1, 0.15) is 0 Å². The van der Waals surface area contributed by atoms with Gasteiger partial charge in [-0.05, 0) is 0 Å². The maximum atomic E-state index is 12.6. The fourth-order valence-electron chi connectivity index (χ4n) is 4.53. The normalized spacial score (nSPS) is 29.2. The topological polar surface area (TPSA) is 54.0 Å². The first-order valence-corrected chi connectivity index (χ1v) is 13.2. The molecule has 2 N–H and O–H groups in total. The van der Waals surface area contributed by atoms with E-state index < -0.39 is 20.1 Å². The maximum absolute atomic E-state index is 12.6. The van der Waals surface area contributed by atoms with E-state index in [9.17, 15) is 4.79 Å². The van der Waals surface area contributed by atoms with Crippen LogP contribution in [0.4, 0.5) is 5.69 Å². The van der Waals surface area contributed by atoms with Crippen molar-refractivity contribution in [1.82, 2.24) is 8.51 Å². The molecule has 6 rings (SSSR count). The van der Waals surface area contributed by atoms with Crippen LogP contribution in [0.2, 0.25) is 0 Å². The predicted octanol–water partition coefficient (Wildman–Crippen LogP) is 4.47. The number of rotatable bonds is 2. The molecule has 3 aromatic rings. The van der Waals surface area contributed by atoms with Crippen molar-refractivity contribution >= 4 is 43.0 Å². The Hall–Kier alpha value is -1.93. The Labute approximate surface area is 162 Å². The molecule has 3 aliphatic heterocycles. The van der Waals surface area contributed by atoms with Crippen molar-refractivity contribution in [3.63, 3.8) is 0 Å². The van der Waals surface area contributed by atoms with Gasteiger partial charge in [0, 0.05) is 0 Å². The molecule has 3 atom stereocenters. The number of halogens is 1. The Balaban J connectivity index is 1.62. The molecule has 3 aliphatic rings. The first-order chi connectivity index (χ1) is 12.8. The third-order valence-corrected chi connectivity index (χ3v) is 12.6. The number of hydrogen-bond donors (Lipinski definition) is 2. The van der Waals surface area contributed by atoms with Gasteiger partial charge >= 0.3 is 163 Å². The van der Waals surface area contributed by atoms with E-state index in [2.05, 4.69) is 50.2 Å². The van der Waals surface area contributed by atoms with Crippen LogP contribution in [0.3, 0.4) is 0 Å². The third kappa shape index (κ3) is 1.89. The van der Waals surface area contributed by atoms with Crippen molar-refractivity contribution in [2.75, 3.05) is 9.74 Å². The van der Waals surface area contributed by atoms with Crippen LogP contribution in [-0.4, -0.2) is 15.3 Å². The van der Waals surface area contributed by atoms with E-state index in [0.29, 0.717) is 5.92 Å².